The van der Waals surface area contributed by atoms with Gasteiger partial charge in [-0.2, -0.15) is 0 Å². The summed E-state index contributed by atoms with van der Waals surface area (Å²) in [5.74, 6) is 0.601. The van der Waals surface area contributed by atoms with E-state index < -0.39 is 25.9 Å². The Morgan fingerprint density at radius 2 is 0.984 bits per heavy atom. The first-order valence-corrected chi connectivity index (χ1v) is 35.4. The summed E-state index contributed by atoms with van der Waals surface area (Å²) in [7, 11) is 18.3. The molecule has 0 saturated heterocycles. The fourth-order valence-corrected chi connectivity index (χ4v) is 39.9. The summed E-state index contributed by atoms with van der Waals surface area (Å²) < 4.78 is 1.11. The Hall–Kier alpha value is -3.52. The molecule has 0 fully saturated rings. The van der Waals surface area contributed by atoms with Gasteiger partial charge in [-0.05, 0) is 0 Å². The van der Waals surface area contributed by atoms with E-state index in [1.807, 2.05) is 0 Å². The molecule has 0 spiro atoms. The molecular weight excluding hydrogens is 887 g/mol. The molecule has 3 aliphatic rings. The minimum absolute atomic E-state index is 0.104. The summed E-state index contributed by atoms with van der Waals surface area (Å²) in [6.07, 6.45) is 11.5. The molecule has 4 unspecified atom stereocenters. The Balaban J connectivity index is 1.43. The van der Waals surface area contributed by atoms with Gasteiger partial charge in [-0.15, -0.1) is 0 Å². The van der Waals surface area contributed by atoms with Crippen molar-refractivity contribution in [2.45, 2.75) is 101 Å². The van der Waals surface area contributed by atoms with E-state index in [0.29, 0.717) is 11.8 Å². The quantitative estimate of drug-likeness (QED) is 0.101. The van der Waals surface area contributed by atoms with Gasteiger partial charge in [0, 0.05) is 0 Å². The number of halogens is 2. The maximum atomic E-state index is 9.58. The summed E-state index contributed by atoms with van der Waals surface area (Å²) in [6.45, 7) is 18.8. The van der Waals surface area contributed by atoms with Crippen LogP contribution in [0.4, 0.5) is 0 Å². The summed E-state index contributed by atoms with van der Waals surface area (Å²) in [5.41, 5.74) is 21.9. The second-order valence-corrected chi connectivity index (χ2v) is 41.4. The summed E-state index contributed by atoms with van der Waals surface area (Å²) in [6, 6.07) is 44.1. The molecule has 0 bridgehead atoms. The van der Waals surface area contributed by atoms with Crippen LogP contribution in [0.15, 0.2) is 126 Å². The van der Waals surface area contributed by atoms with Crippen LogP contribution in [-0.2, 0) is 29.2 Å². The van der Waals surface area contributed by atoms with Crippen LogP contribution >= 0.6 is 17.0 Å². The molecule has 0 amide bonds. The van der Waals surface area contributed by atoms with Crippen molar-refractivity contribution >= 4 is 52.3 Å². The van der Waals surface area contributed by atoms with Gasteiger partial charge >= 0.3 is 386 Å². The van der Waals surface area contributed by atoms with Gasteiger partial charge in [0.15, 0.2) is 0 Å². The Morgan fingerprint density at radius 3 is 1.45 bits per heavy atom. The van der Waals surface area contributed by atoms with Crippen molar-refractivity contribution in [3.05, 3.63) is 171 Å². The maximum absolute atomic E-state index is 9.58. The van der Waals surface area contributed by atoms with Gasteiger partial charge in [-0.25, -0.2) is 0 Å². The van der Waals surface area contributed by atoms with Crippen molar-refractivity contribution < 1.29 is 16.4 Å². The van der Waals surface area contributed by atoms with E-state index in [1.54, 1.807) is 0 Å². The second kappa shape index (κ2) is 17.1. The number of hydrogen-bond donors (Lipinski definition) is 0. The van der Waals surface area contributed by atoms with Gasteiger partial charge in [-0.3, -0.25) is 0 Å². The number of aryl methyl sites for hydroxylation is 4. The average molecular weight is 950 g/mol. The van der Waals surface area contributed by atoms with Crippen LogP contribution in [0.3, 0.4) is 0 Å². The van der Waals surface area contributed by atoms with Gasteiger partial charge in [0.2, 0.25) is 0 Å². The predicted octanol–water partition coefficient (Wildman–Crippen LogP) is 14.6. The molecule has 0 nitrogen and oxygen atoms in total. The van der Waals surface area contributed by atoms with Gasteiger partial charge in [0.05, 0.1) is 0 Å². The Labute approximate surface area is 383 Å². The minimum atomic E-state index is -5.76. The number of benzene rings is 6. The topological polar surface area (TPSA) is 0 Å². The van der Waals surface area contributed by atoms with Gasteiger partial charge in [0.25, 0.3) is 0 Å². The van der Waals surface area contributed by atoms with Crippen LogP contribution in [0.2, 0.25) is 0 Å². The summed E-state index contributed by atoms with van der Waals surface area (Å²) in [5, 5.41) is 2.99. The zero-order chi connectivity index (χ0) is 43.5. The number of allylic oxidation sites excluding steroid dienone is 2. The molecule has 1 aliphatic heterocycles. The molecule has 0 aromatic heterocycles. The summed E-state index contributed by atoms with van der Waals surface area (Å²) in [4.78, 5) is 0. The fourth-order valence-electron chi connectivity index (χ4n) is 11.9. The number of fused-ring (bicyclic) bond motifs is 5. The normalized spacial score (nSPS) is 18.3. The van der Waals surface area contributed by atoms with Gasteiger partial charge in [-0.1, -0.05) is 0 Å². The van der Waals surface area contributed by atoms with Crippen LogP contribution in [0, 0.1) is 25.7 Å². The van der Waals surface area contributed by atoms with Crippen LogP contribution in [0.1, 0.15) is 119 Å². The van der Waals surface area contributed by atoms with E-state index in [0.717, 1.165) is 38.5 Å². The van der Waals surface area contributed by atoms with Crippen LogP contribution in [0.25, 0.3) is 45.5 Å². The molecule has 9 rings (SSSR count). The van der Waals surface area contributed by atoms with E-state index in [9.17, 15) is 17.0 Å². The van der Waals surface area contributed by atoms with E-state index in [2.05, 4.69) is 183 Å². The molecule has 6 aromatic rings. The Kier molecular flexibility index (Phi) is 12.1. The van der Waals surface area contributed by atoms with E-state index in [-0.39, 0.29) is 7.25 Å². The van der Waals surface area contributed by atoms with Crippen molar-refractivity contribution in [3.63, 3.8) is 0 Å². The first kappa shape index (κ1) is 43.7. The summed E-state index contributed by atoms with van der Waals surface area (Å²) >= 11 is -5.76. The Bertz CT molecular complexity index is 2650. The number of hydrogen-bond acceptors (Lipinski definition) is 0. The molecule has 6 aromatic carbocycles. The monoisotopic (exact) mass is 947 g/mol. The zero-order valence-corrected chi connectivity index (χ0v) is 43.5. The van der Waals surface area contributed by atoms with Crippen LogP contribution in [0.5, 0.6) is 0 Å². The molecule has 2 aliphatic carbocycles. The first-order chi connectivity index (χ1) is 30.0. The van der Waals surface area contributed by atoms with Crippen molar-refractivity contribution in [2.75, 3.05) is 0 Å². The molecule has 0 radical (unpaired) electrons. The molecule has 62 heavy (non-hydrogen) atoms. The molecule has 4 atom stereocenters. The standard InChI is InChI=1S/2C23H27.C12H9Si.2ClH.Zr/c2*1-5-9-18-12-13-19-14-20(16(3)6-2)15-22(19)23(18)21-11-8-7-10-17(21)4;1-3-7-11-9(5-1)10-6-2-4-8-12(10)13-11;;;/h2*7-8,10-16H,5-6,9H2,1-4H3;1-7H,13H2;2*1H;/q;;;;;+2/p-2. The van der Waals surface area contributed by atoms with Gasteiger partial charge in [0.1, 0.15) is 0 Å². The van der Waals surface area contributed by atoms with Crippen molar-refractivity contribution in [1.82, 2.24) is 0 Å². The van der Waals surface area contributed by atoms with E-state index in [1.165, 1.54) is 103 Å². The van der Waals surface area contributed by atoms with Crippen molar-refractivity contribution in [3.8, 4) is 33.4 Å². The van der Waals surface area contributed by atoms with Crippen LogP contribution < -0.4 is 13.6 Å². The number of rotatable bonds is 13. The second-order valence-electron chi connectivity index (χ2n) is 18.9. The molecule has 1 heterocycles. The third-order valence-corrected chi connectivity index (χ3v) is 37.9. The average Bonchev–Trinajstić information content (AvgIpc) is 4.00. The van der Waals surface area contributed by atoms with Gasteiger partial charge < -0.3 is 0 Å². The third kappa shape index (κ3) is 6.84. The Morgan fingerprint density at radius 1 is 0.532 bits per heavy atom. The zero-order valence-electron chi connectivity index (χ0n) is 38.1. The van der Waals surface area contributed by atoms with Crippen LogP contribution in [-0.4, -0.2) is 9.52 Å². The molecule has 0 saturated carbocycles. The molecular formula is C58H63Cl2SiZr. The van der Waals surface area contributed by atoms with E-state index >= 15 is 0 Å². The SMILES string of the molecule is CCCc1ccc2c(c1-c1ccccc1C)C=C(C(C)CC)[CH]2[Zr]([Cl])([Cl])([c]1cccc2c1[SiH2]c1ccccc1-2)[CH]1C(C(C)CC)=Cc2c1ccc(CCC)c2-c1ccccc1C. The first-order valence-electron chi connectivity index (χ1n) is 23.6. The van der Waals surface area contributed by atoms with E-state index in [4.69, 9.17) is 0 Å². The van der Waals surface area contributed by atoms with Crippen molar-refractivity contribution in [2.24, 2.45) is 11.8 Å². The molecule has 0 N–H and O–H groups in total. The third-order valence-electron chi connectivity index (χ3n) is 15.3. The fraction of sp³-hybridized carbons (Fsp3) is 0.310. The molecule has 4 heteroatoms. The predicted molar refractivity (Wildman–Crippen MR) is 273 cm³/mol. The molecule has 317 valence electrons. The van der Waals surface area contributed by atoms with Crippen molar-refractivity contribution in [1.29, 1.82) is 0 Å².